The van der Waals surface area contributed by atoms with E-state index in [-0.39, 0.29) is 19.4 Å². The molecule has 1 fully saturated rings. The van der Waals surface area contributed by atoms with Gasteiger partial charge in [0.25, 0.3) is 10.1 Å². The maximum absolute atomic E-state index is 12.9. The normalized spacial score (nSPS) is 19.4. The Morgan fingerprint density at radius 2 is 0.881 bits per heavy atom. The van der Waals surface area contributed by atoms with Crippen molar-refractivity contribution in [3.05, 3.63) is 24.3 Å². The van der Waals surface area contributed by atoms with Gasteiger partial charge in [0.15, 0.2) is 12.4 Å². The average molecular weight is 973 g/mol. The van der Waals surface area contributed by atoms with Crippen molar-refractivity contribution >= 4 is 22.1 Å². The number of ether oxygens (including phenoxy) is 4. The summed E-state index contributed by atoms with van der Waals surface area (Å²) in [6.07, 6.45) is 42.3. The van der Waals surface area contributed by atoms with Crippen LogP contribution in [0.15, 0.2) is 24.3 Å². The van der Waals surface area contributed by atoms with Crippen LogP contribution in [0.4, 0.5) is 0 Å². The molecule has 4 N–H and O–H groups in total. The highest BCUT2D eigenvalue weighted by Gasteiger charge is 2.46. The van der Waals surface area contributed by atoms with Crippen LogP contribution in [0, 0.1) is 0 Å². The number of esters is 2. The zero-order valence-electron chi connectivity index (χ0n) is 42.5. The first-order valence-electron chi connectivity index (χ1n) is 27.4. The molecule has 0 aliphatic carbocycles. The molecule has 1 heterocycles. The summed E-state index contributed by atoms with van der Waals surface area (Å²) in [6.45, 7) is 3.78. The predicted molar refractivity (Wildman–Crippen MR) is 270 cm³/mol. The molecule has 0 aromatic carbocycles. The van der Waals surface area contributed by atoms with Crippen molar-refractivity contribution in [1.82, 2.24) is 0 Å². The molecule has 1 rings (SSSR count). The molecule has 1 saturated heterocycles. The zero-order chi connectivity index (χ0) is 49.1. The van der Waals surface area contributed by atoms with Gasteiger partial charge in [-0.3, -0.25) is 14.1 Å². The van der Waals surface area contributed by atoms with E-state index in [1.54, 1.807) is 0 Å². The Labute approximate surface area is 408 Å². The highest BCUT2D eigenvalue weighted by atomic mass is 32.2. The first-order chi connectivity index (χ1) is 32.5. The van der Waals surface area contributed by atoms with Crippen molar-refractivity contribution in [2.45, 2.75) is 288 Å². The molecule has 1 aliphatic rings. The number of unbranched alkanes of at least 4 members (excludes halogenated alkanes) is 31. The fraction of sp³-hybridized carbons (Fsp3) is 0.889. The number of allylic oxidation sites excluding steroid dienone is 4. The first kappa shape index (κ1) is 63.1. The summed E-state index contributed by atoms with van der Waals surface area (Å²) in [5.41, 5.74) is 0. The predicted octanol–water partition coefficient (Wildman–Crippen LogP) is 12.7. The smallest absolute Gasteiger partial charge is 0.306 e. The Bertz CT molecular complexity index is 1320. The lowest BCUT2D eigenvalue weighted by Gasteiger charge is -2.40. The van der Waals surface area contributed by atoms with Gasteiger partial charge in [-0.05, 0) is 44.9 Å². The number of aliphatic hydroxyl groups excluding tert-OH is 3. The van der Waals surface area contributed by atoms with Crippen LogP contribution in [0.3, 0.4) is 0 Å². The molecule has 0 saturated carbocycles. The molecule has 0 aromatic heterocycles. The van der Waals surface area contributed by atoms with E-state index in [4.69, 9.17) is 18.9 Å². The van der Waals surface area contributed by atoms with E-state index in [9.17, 15) is 37.9 Å². The second-order valence-corrected chi connectivity index (χ2v) is 20.7. The number of rotatable bonds is 47. The highest BCUT2D eigenvalue weighted by molar-refractivity contribution is 7.85. The largest absolute Gasteiger partial charge is 0.462 e. The van der Waals surface area contributed by atoms with Crippen molar-refractivity contribution in [3.63, 3.8) is 0 Å². The molecule has 0 spiro atoms. The number of carbonyl (C=O) groups is 2. The summed E-state index contributed by atoms with van der Waals surface area (Å²) in [5, 5.41) is 31.0. The van der Waals surface area contributed by atoms with Gasteiger partial charge in [0.1, 0.15) is 36.8 Å². The Balaban J connectivity index is 2.36. The molecule has 2 unspecified atom stereocenters. The zero-order valence-corrected chi connectivity index (χ0v) is 43.3. The maximum atomic E-state index is 12.9. The van der Waals surface area contributed by atoms with E-state index in [0.717, 1.165) is 38.5 Å². The van der Waals surface area contributed by atoms with Crippen molar-refractivity contribution in [2.75, 3.05) is 19.0 Å². The standard InChI is InChI=1S/C54H100O12S/c1-3-5-7-9-11-13-15-17-19-21-22-23-24-25-26-27-29-31-33-35-37-39-41-43-50(56)65-47(45-64-54-53(59)52(58)51(57)48(66-54)46-67(60,61)62)44-63-49(55)42-40-38-36-34-32-30-28-20-18-16-14-12-10-8-6-4-2/h27,29,35,37,47-48,51-54,57-59H,3-26,28,30-34,36,38-46H2,1-2H3,(H,60,61,62)/b29-27+,37-35+/t47-,48-,51-,52?,53?,54+/m1/s1. The summed E-state index contributed by atoms with van der Waals surface area (Å²) in [4.78, 5) is 25.5. The summed E-state index contributed by atoms with van der Waals surface area (Å²) >= 11 is 0. The van der Waals surface area contributed by atoms with Crippen molar-refractivity contribution in [3.8, 4) is 0 Å². The molecule has 394 valence electrons. The van der Waals surface area contributed by atoms with Crippen LogP contribution in [0.2, 0.25) is 0 Å². The number of hydrogen-bond donors (Lipinski definition) is 4. The van der Waals surface area contributed by atoms with Gasteiger partial charge in [0.05, 0.1) is 6.61 Å². The second kappa shape index (κ2) is 44.1. The third kappa shape index (κ3) is 38.6. The molecule has 0 amide bonds. The van der Waals surface area contributed by atoms with E-state index in [1.165, 1.54) is 167 Å². The molecular weight excluding hydrogens is 873 g/mol. The van der Waals surface area contributed by atoms with Gasteiger partial charge in [0, 0.05) is 12.8 Å². The third-order valence-electron chi connectivity index (χ3n) is 12.8. The molecule has 0 bridgehead atoms. The van der Waals surface area contributed by atoms with E-state index in [2.05, 4.69) is 38.2 Å². The second-order valence-electron chi connectivity index (χ2n) is 19.2. The van der Waals surface area contributed by atoms with Crippen LogP contribution in [0.1, 0.15) is 251 Å². The van der Waals surface area contributed by atoms with Crippen LogP contribution >= 0.6 is 0 Å². The molecule has 13 heteroatoms. The SMILES string of the molecule is CCCCCCCCCCCCCCCC/C=C/CC/C=C/CCCC(=O)O[C@H](COC(=O)CCCCCCCCCCCCCCCCCC)CO[C@H]1O[C@H](CS(=O)(=O)O)[C@@H](O)C(O)C1O. The monoisotopic (exact) mass is 973 g/mol. The molecule has 0 radical (unpaired) electrons. The van der Waals surface area contributed by atoms with Gasteiger partial charge in [-0.15, -0.1) is 0 Å². The van der Waals surface area contributed by atoms with Gasteiger partial charge < -0.3 is 34.3 Å². The highest BCUT2D eigenvalue weighted by Crippen LogP contribution is 2.24. The first-order valence-corrected chi connectivity index (χ1v) is 29.0. The minimum atomic E-state index is -4.61. The van der Waals surface area contributed by atoms with E-state index in [1.807, 2.05) is 0 Å². The van der Waals surface area contributed by atoms with Crippen LogP contribution in [0.25, 0.3) is 0 Å². The summed E-state index contributed by atoms with van der Waals surface area (Å²) in [5.74, 6) is -2.02. The lowest BCUT2D eigenvalue weighted by atomic mass is 10.00. The van der Waals surface area contributed by atoms with Gasteiger partial charge in [-0.1, -0.05) is 218 Å². The molecule has 1 aliphatic heterocycles. The Kier molecular flexibility index (Phi) is 41.6. The Morgan fingerprint density at radius 3 is 1.33 bits per heavy atom. The van der Waals surface area contributed by atoms with Crippen molar-refractivity contribution < 1.29 is 56.8 Å². The fourth-order valence-electron chi connectivity index (χ4n) is 8.52. The topological polar surface area (TPSA) is 186 Å². The summed E-state index contributed by atoms with van der Waals surface area (Å²) in [7, 11) is -4.61. The lowest BCUT2D eigenvalue weighted by Crippen LogP contribution is -2.60. The van der Waals surface area contributed by atoms with Gasteiger partial charge in [-0.25, -0.2) is 0 Å². The Hall–Kier alpha value is -1.87. The fourth-order valence-corrected chi connectivity index (χ4v) is 9.21. The molecule has 6 atom stereocenters. The molecule has 0 aromatic rings. The lowest BCUT2D eigenvalue weighted by molar-refractivity contribution is -0.297. The van der Waals surface area contributed by atoms with E-state index in [0.29, 0.717) is 19.3 Å². The van der Waals surface area contributed by atoms with Crippen LogP contribution < -0.4 is 0 Å². The van der Waals surface area contributed by atoms with Gasteiger partial charge in [-0.2, -0.15) is 8.42 Å². The van der Waals surface area contributed by atoms with Gasteiger partial charge in [0.2, 0.25) is 0 Å². The molecular formula is C54H100O12S. The van der Waals surface area contributed by atoms with Crippen molar-refractivity contribution in [1.29, 1.82) is 0 Å². The summed E-state index contributed by atoms with van der Waals surface area (Å²) in [6, 6.07) is 0. The van der Waals surface area contributed by atoms with Crippen LogP contribution in [0.5, 0.6) is 0 Å². The van der Waals surface area contributed by atoms with E-state index >= 15 is 0 Å². The van der Waals surface area contributed by atoms with E-state index < -0.39 is 71.2 Å². The third-order valence-corrected chi connectivity index (χ3v) is 13.5. The minimum Gasteiger partial charge on any atom is -0.462 e. The maximum Gasteiger partial charge on any atom is 0.306 e. The van der Waals surface area contributed by atoms with Crippen LogP contribution in [-0.2, 0) is 38.7 Å². The molecule has 67 heavy (non-hydrogen) atoms. The minimum absolute atomic E-state index is 0.108. The van der Waals surface area contributed by atoms with Crippen LogP contribution in [-0.4, -0.2) is 96.0 Å². The average Bonchev–Trinajstić information content (AvgIpc) is 3.30. The summed E-state index contributed by atoms with van der Waals surface area (Å²) < 4.78 is 54.2. The van der Waals surface area contributed by atoms with Crippen molar-refractivity contribution in [2.24, 2.45) is 0 Å². The molecule has 12 nitrogen and oxygen atoms in total. The number of hydrogen-bond acceptors (Lipinski definition) is 11. The quantitative estimate of drug-likeness (QED) is 0.0196. The number of aliphatic hydroxyl groups is 3. The number of carbonyl (C=O) groups excluding carboxylic acids is 2. The van der Waals surface area contributed by atoms with Gasteiger partial charge >= 0.3 is 11.9 Å². The Morgan fingerprint density at radius 1 is 0.493 bits per heavy atom.